The summed E-state index contributed by atoms with van der Waals surface area (Å²) in [5.41, 5.74) is 0.392. The second kappa shape index (κ2) is 5.80. The lowest BCUT2D eigenvalue weighted by Crippen LogP contribution is -2.52. The number of imide groups is 2. The molecule has 0 bridgehead atoms. The highest BCUT2D eigenvalue weighted by molar-refractivity contribution is 6.30. The van der Waals surface area contributed by atoms with E-state index in [0.29, 0.717) is 5.56 Å². The van der Waals surface area contributed by atoms with Crippen LogP contribution in [-0.2, 0) is 14.3 Å². The molecule has 0 saturated carbocycles. The van der Waals surface area contributed by atoms with Crippen LogP contribution in [0.1, 0.15) is 15.9 Å². The topological polar surface area (TPSA) is 84.0 Å². The van der Waals surface area contributed by atoms with Crippen molar-refractivity contribution in [1.29, 1.82) is 0 Å². The van der Waals surface area contributed by atoms with Crippen molar-refractivity contribution in [2.45, 2.75) is 0 Å². The number of hydrogen-bond acceptors (Lipinski definition) is 5. The van der Waals surface area contributed by atoms with Crippen LogP contribution in [0.4, 0.5) is 4.79 Å². The number of hydrogen-bond donors (Lipinski definition) is 0. The molecule has 22 heavy (non-hydrogen) atoms. The number of ether oxygens (including phenoxy) is 1. The molecular formula is C15H14N2O5. The first-order valence-corrected chi connectivity index (χ1v) is 6.37. The molecule has 1 saturated heterocycles. The number of urea groups is 1. The highest BCUT2D eigenvalue weighted by Crippen LogP contribution is 2.20. The van der Waals surface area contributed by atoms with Gasteiger partial charge in [0, 0.05) is 14.1 Å². The van der Waals surface area contributed by atoms with Crippen LogP contribution in [-0.4, -0.2) is 54.8 Å². The lowest BCUT2D eigenvalue weighted by Gasteiger charge is -2.28. The van der Waals surface area contributed by atoms with Gasteiger partial charge >= 0.3 is 12.0 Å². The summed E-state index contributed by atoms with van der Waals surface area (Å²) in [5.74, 6) is -2.01. The van der Waals surface area contributed by atoms with E-state index >= 15 is 0 Å². The van der Waals surface area contributed by atoms with Crippen molar-refractivity contribution in [3.05, 3.63) is 41.0 Å². The van der Waals surface area contributed by atoms with Crippen LogP contribution in [0.15, 0.2) is 29.8 Å². The van der Waals surface area contributed by atoms with E-state index in [1.54, 1.807) is 18.2 Å². The summed E-state index contributed by atoms with van der Waals surface area (Å²) in [7, 11) is 3.81. The van der Waals surface area contributed by atoms with Crippen molar-refractivity contribution in [2.75, 3.05) is 21.2 Å². The van der Waals surface area contributed by atoms with Crippen LogP contribution < -0.4 is 0 Å². The molecule has 1 heterocycles. The molecule has 0 aliphatic carbocycles. The Morgan fingerprint density at radius 3 is 2.14 bits per heavy atom. The molecule has 7 heteroatoms. The van der Waals surface area contributed by atoms with Gasteiger partial charge in [-0.2, -0.15) is 0 Å². The van der Waals surface area contributed by atoms with Crippen LogP contribution in [0.3, 0.4) is 0 Å². The average Bonchev–Trinajstić information content (AvgIpc) is 2.54. The van der Waals surface area contributed by atoms with E-state index in [-0.39, 0.29) is 11.1 Å². The van der Waals surface area contributed by atoms with Crippen molar-refractivity contribution >= 4 is 29.9 Å². The molecule has 4 amide bonds. The number of nitrogens with zero attached hydrogens (tertiary/aromatic N) is 2. The van der Waals surface area contributed by atoms with E-state index in [1.165, 1.54) is 33.3 Å². The van der Waals surface area contributed by atoms with Gasteiger partial charge in [0.25, 0.3) is 11.8 Å². The van der Waals surface area contributed by atoms with Crippen molar-refractivity contribution in [3.8, 4) is 0 Å². The van der Waals surface area contributed by atoms with Gasteiger partial charge < -0.3 is 4.74 Å². The first-order valence-electron chi connectivity index (χ1n) is 6.37. The summed E-state index contributed by atoms with van der Waals surface area (Å²) < 4.78 is 4.67. The Kier molecular flexibility index (Phi) is 4.07. The number of benzene rings is 1. The molecule has 2 rings (SSSR count). The third-order valence-corrected chi connectivity index (χ3v) is 3.31. The van der Waals surface area contributed by atoms with Crippen LogP contribution in [0.25, 0.3) is 6.08 Å². The highest BCUT2D eigenvalue weighted by Gasteiger charge is 2.37. The van der Waals surface area contributed by atoms with Crippen molar-refractivity contribution in [1.82, 2.24) is 9.80 Å². The summed E-state index contributed by atoms with van der Waals surface area (Å²) in [6.07, 6.45) is 1.29. The van der Waals surface area contributed by atoms with Crippen LogP contribution in [0, 0.1) is 0 Å². The van der Waals surface area contributed by atoms with E-state index in [0.717, 1.165) is 9.80 Å². The molecule has 1 aliphatic rings. The SMILES string of the molecule is COC(=O)c1ccccc1C=C1C(=O)N(C)C(=O)N(C)C1=O. The quantitative estimate of drug-likeness (QED) is 0.460. The zero-order valence-electron chi connectivity index (χ0n) is 12.3. The Morgan fingerprint density at radius 2 is 1.59 bits per heavy atom. The van der Waals surface area contributed by atoms with Gasteiger partial charge in [0.05, 0.1) is 12.7 Å². The average molecular weight is 302 g/mol. The molecular weight excluding hydrogens is 288 g/mol. The predicted octanol–water partition coefficient (Wildman–Crippen LogP) is 0.907. The molecule has 7 nitrogen and oxygen atoms in total. The molecule has 0 spiro atoms. The van der Waals surface area contributed by atoms with E-state index in [4.69, 9.17) is 0 Å². The van der Waals surface area contributed by atoms with Crippen LogP contribution in [0.5, 0.6) is 0 Å². The normalized spacial score (nSPS) is 15.2. The minimum Gasteiger partial charge on any atom is -0.465 e. The molecule has 1 fully saturated rings. The minimum absolute atomic E-state index is 0.194. The predicted molar refractivity (Wildman–Crippen MR) is 76.7 cm³/mol. The Bertz CT molecular complexity index is 682. The first kappa shape index (κ1) is 15.4. The number of methoxy groups -OCH3 is 1. The van der Waals surface area contributed by atoms with Gasteiger partial charge in [-0.15, -0.1) is 0 Å². The molecule has 1 aliphatic heterocycles. The van der Waals surface area contributed by atoms with Gasteiger partial charge in [0.15, 0.2) is 0 Å². The number of amides is 4. The van der Waals surface area contributed by atoms with Gasteiger partial charge in [0.2, 0.25) is 0 Å². The van der Waals surface area contributed by atoms with Gasteiger partial charge in [-0.05, 0) is 17.7 Å². The third-order valence-electron chi connectivity index (χ3n) is 3.31. The summed E-state index contributed by atoms with van der Waals surface area (Å²) in [4.78, 5) is 49.3. The smallest absolute Gasteiger partial charge is 0.338 e. The van der Waals surface area contributed by atoms with E-state index in [2.05, 4.69) is 4.74 Å². The molecule has 1 aromatic carbocycles. The fourth-order valence-electron chi connectivity index (χ4n) is 2.05. The van der Waals surface area contributed by atoms with Gasteiger partial charge in [-0.3, -0.25) is 19.4 Å². The Labute approximate surface area is 126 Å². The number of likely N-dealkylation sites (N-methyl/N-ethyl adjacent to an activating group) is 2. The molecule has 1 aromatic rings. The van der Waals surface area contributed by atoms with E-state index in [1.807, 2.05) is 0 Å². The zero-order chi connectivity index (χ0) is 16.4. The highest BCUT2D eigenvalue weighted by atomic mass is 16.5. The van der Waals surface area contributed by atoms with E-state index < -0.39 is 23.8 Å². The number of esters is 1. The van der Waals surface area contributed by atoms with Crippen molar-refractivity contribution in [2.24, 2.45) is 0 Å². The minimum atomic E-state index is -0.715. The Balaban J connectivity index is 2.53. The number of carbonyl (C=O) groups is 4. The summed E-state index contributed by atoms with van der Waals surface area (Å²) in [6, 6.07) is 5.70. The number of rotatable bonds is 2. The van der Waals surface area contributed by atoms with Gasteiger partial charge in [-0.25, -0.2) is 9.59 Å². The lowest BCUT2D eigenvalue weighted by molar-refractivity contribution is -0.134. The second-order valence-electron chi connectivity index (χ2n) is 4.65. The van der Waals surface area contributed by atoms with Gasteiger partial charge in [0.1, 0.15) is 5.57 Å². The fraction of sp³-hybridized carbons (Fsp3) is 0.200. The molecule has 0 radical (unpaired) electrons. The summed E-state index contributed by atoms with van der Waals surface area (Å²) in [5, 5.41) is 0. The number of carbonyl (C=O) groups excluding carboxylic acids is 4. The third kappa shape index (κ3) is 2.48. The Morgan fingerprint density at radius 1 is 1.05 bits per heavy atom. The Hall–Kier alpha value is -2.96. The molecule has 0 N–H and O–H groups in total. The fourth-order valence-corrected chi connectivity index (χ4v) is 2.05. The zero-order valence-corrected chi connectivity index (χ0v) is 12.3. The maximum atomic E-state index is 12.1. The first-order chi connectivity index (χ1) is 10.4. The number of barbiturate groups is 1. The monoisotopic (exact) mass is 302 g/mol. The van der Waals surface area contributed by atoms with Gasteiger partial charge in [-0.1, -0.05) is 18.2 Å². The molecule has 0 unspecified atom stereocenters. The molecule has 0 atom stereocenters. The summed E-state index contributed by atoms with van der Waals surface area (Å²) in [6.45, 7) is 0. The van der Waals surface area contributed by atoms with Crippen LogP contribution >= 0.6 is 0 Å². The molecule has 114 valence electrons. The van der Waals surface area contributed by atoms with Crippen molar-refractivity contribution < 1.29 is 23.9 Å². The largest absolute Gasteiger partial charge is 0.465 e. The summed E-state index contributed by atoms with van der Waals surface area (Å²) >= 11 is 0. The van der Waals surface area contributed by atoms with Crippen LogP contribution in [0.2, 0.25) is 0 Å². The maximum Gasteiger partial charge on any atom is 0.338 e. The van der Waals surface area contributed by atoms with Crippen molar-refractivity contribution in [3.63, 3.8) is 0 Å². The maximum absolute atomic E-state index is 12.1. The second-order valence-corrected chi connectivity index (χ2v) is 4.65. The standard InChI is InChI=1S/C15H14N2O5/c1-16-12(18)11(13(19)17(2)15(16)21)8-9-6-4-5-7-10(9)14(20)22-3/h4-8H,1-3H3. The lowest BCUT2D eigenvalue weighted by atomic mass is 10.0. The molecule has 0 aromatic heterocycles. The van der Waals surface area contributed by atoms with E-state index in [9.17, 15) is 19.2 Å².